The number of nitrogens with zero attached hydrogens (tertiary/aromatic N) is 2. The van der Waals surface area contributed by atoms with E-state index in [2.05, 4.69) is 5.10 Å². The minimum atomic E-state index is -0.412. The molecule has 1 aromatic rings. The van der Waals surface area contributed by atoms with Gasteiger partial charge in [-0.15, -0.1) is 0 Å². The number of rotatable bonds is 2. The second-order valence-electron chi connectivity index (χ2n) is 6.72. The molecule has 0 radical (unpaired) electrons. The summed E-state index contributed by atoms with van der Waals surface area (Å²) in [4.78, 5) is 11.8. The summed E-state index contributed by atoms with van der Waals surface area (Å²) >= 11 is 0. The van der Waals surface area contributed by atoms with Crippen LogP contribution in [-0.2, 0) is 14.1 Å². The lowest BCUT2D eigenvalue weighted by Crippen LogP contribution is -2.41. The van der Waals surface area contributed by atoms with Crippen molar-refractivity contribution in [3.63, 3.8) is 0 Å². The number of carbonyl (C=O) groups excluding carboxylic acids is 1. The highest BCUT2D eigenvalue weighted by Gasteiger charge is 2.52. The Morgan fingerprint density at radius 3 is 2.50 bits per heavy atom. The maximum atomic E-state index is 11.8. The zero-order chi connectivity index (χ0) is 14.5. The van der Waals surface area contributed by atoms with Crippen LogP contribution in [0.15, 0.2) is 12.4 Å². The molecule has 0 N–H and O–H groups in total. The fourth-order valence-corrected chi connectivity index (χ4v) is 2.70. The van der Waals surface area contributed by atoms with E-state index in [1.807, 2.05) is 33.9 Å². The van der Waals surface area contributed by atoms with Crippen LogP contribution >= 0.6 is 0 Å². The summed E-state index contributed by atoms with van der Waals surface area (Å²) in [5, 5.41) is 4.32. The van der Waals surface area contributed by atoms with Gasteiger partial charge in [-0.05, 0) is 40.5 Å². The smallest absolute Gasteiger partial charge is 0.399 e. The Labute approximate surface area is 119 Å². The topological polar surface area (TPSA) is 53.4 Å². The molecule has 1 aliphatic heterocycles. The first kappa shape index (κ1) is 13.8. The number of ketones is 1. The second kappa shape index (κ2) is 4.43. The zero-order valence-corrected chi connectivity index (χ0v) is 12.5. The molecule has 0 aromatic carbocycles. The first-order valence-electron chi connectivity index (χ1n) is 7.22. The van der Waals surface area contributed by atoms with Gasteiger partial charge in [-0.3, -0.25) is 9.48 Å². The Hall–Kier alpha value is -1.14. The molecular formula is C14H21BN2O3. The van der Waals surface area contributed by atoms with Gasteiger partial charge in [0.25, 0.3) is 0 Å². The maximum Gasteiger partial charge on any atom is 0.498 e. The molecule has 108 valence electrons. The molecule has 0 unspecified atom stereocenters. The molecule has 0 spiro atoms. The summed E-state index contributed by atoms with van der Waals surface area (Å²) in [6.45, 7) is 8.10. The molecule has 3 rings (SSSR count). The number of aromatic nitrogens is 2. The lowest BCUT2D eigenvalue weighted by Gasteiger charge is -2.32. The molecular weight excluding hydrogens is 255 g/mol. The van der Waals surface area contributed by atoms with Crippen LogP contribution < -0.4 is 5.46 Å². The van der Waals surface area contributed by atoms with Gasteiger partial charge in [0, 0.05) is 24.3 Å². The fraction of sp³-hybridized carbons (Fsp3) is 0.714. The van der Waals surface area contributed by atoms with Crippen LogP contribution in [0.3, 0.4) is 0 Å². The van der Waals surface area contributed by atoms with E-state index in [0.717, 1.165) is 18.3 Å². The minimum Gasteiger partial charge on any atom is -0.399 e. The third kappa shape index (κ3) is 2.11. The Balaban J connectivity index is 1.80. The lowest BCUT2D eigenvalue weighted by atomic mass is 9.82. The van der Waals surface area contributed by atoms with Crippen LogP contribution in [0.25, 0.3) is 0 Å². The van der Waals surface area contributed by atoms with E-state index in [0.29, 0.717) is 6.42 Å². The molecule has 2 heterocycles. The van der Waals surface area contributed by atoms with E-state index in [1.54, 1.807) is 10.9 Å². The van der Waals surface area contributed by atoms with Gasteiger partial charge in [0.1, 0.15) is 6.04 Å². The molecule has 5 nitrogen and oxygen atoms in total. The third-order valence-corrected chi connectivity index (χ3v) is 4.74. The Morgan fingerprint density at radius 2 is 1.95 bits per heavy atom. The van der Waals surface area contributed by atoms with Crippen molar-refractivity contribution in [1.29, 1.82) is 0 Å². The van der Waals surface area contributed by atoms with Crippen molar-refractivity contribution in [2.24, 2.45) is 0 Å². The van der Waals surface area contributed by atoms with Gasteiger partial charge in [-0.2, -0.15) is 5.10 Å². The molecule has 1 aliphatic carbocycles. The second-order valence-corrected chi connectivity index (χ2v) is 6.72. The van der Waals surface area contributed by atoms with Crippen molar-refractivity contribution in [1.82, 2.24) is 9.78 Å². The Kier molecular flexibility index (Phi) is 3.06. The van der Waals surface area contributed by atoms with Crippen molar-refractivity contribution in [2.75, 3.05) is 0 Å². The predicted octanol–water partition coefficient (Wildman–Crippen LogP) is 1.48. The number of Topliss-reactive ketones (excluding diaryl/α,β-unsaturated/α-hetero) is 1. The van der Waals surface area contributed by atoms with E-state index < -0.39 is 7.12 Å². The van der Waals surface area contributed by atoms with Gasteiger partial charge in [0.2, 0.25) is 0 Å². The van der Waals surface area contributed by atoms with Crippen LogP contribution in [0.1, 0.15) is 53.0 Å². The highest BCUT2D eigenvalue weighted by molar-refractivity contribution is 6.62. The van der Waals surface area contributed by atoms with Gasteiger partial charge >= 0.3 is 7.12 Å². The molecule has 1 saturated heterocycles. The van der Waals surface area contributed by atoms with Crippen molar-refractivity contribution < 1.29 is 14.1 Å². The largest absolute Gasteiger partial charge is 0.498 e. The first-order chi connectivity index (χ1) is 9.30. The van der Waals surface area contributed by atoms with Crippen molar-refractivity contribution in [3.8, 4) is 0 Å². The molecule has 1 atom stereocenters. The maximum absolute atomic E-state index is 11.8. The molecule has 20 heavy (non-hydrogen) atoms. The highest BCUT2D eigenvalue weighted by Crippen LogP contribution is 2.36. The third-order valence-electron chi connectivity index (χ3n) is 4.74. The zero-order valence-electron chi connectivity index (χ0n) is 12.5. The standard InChI is InChI=1S/C14H21BN2O3/c1-13(2)14(3,4)20-15(19-13)10-8-16-17(9-10)11-6-5-7-12(11)18/h8-9,11H,5-7H2,1-4H3/t11-/m0/s1. The number of hydrogen-bond acceptors (Lipinski definition) is 4. The lowest BCUT2D eigenvalue weighted by molar-refractivity contribution is -0.120. The summed E-state index contributed by atoms with van der Waals surface area (Å²) in [6.07, 6.45) is 6.12. The van der Waals surface area contributed by atoms with E-state index in [1.165, 1.54) is 0 Å². The van der Waals surface area contributed by atoms with Crippen LogP contribution in [0.5, 0.6) is 0 Å². The molecule has 2 fully saturated rings. The van der Waals surface area contributed by atoms with Crippen LogP contribution in [-0.4, -0.2) is 33.9 Å². The monoisotopic (exact) mass is 276 g/mol. The van der Waals surface area contributed by atoms with E-state index in [-0.39, 0.29) is 23.0 Å². The van der Waals surface area contributed by atoms with Gasteiger partial charge < -0.3 is 9.31 Å². The average molecular weight is 276 g/mol. The molecule has 1 saturated carbocycles. The normalized spacial score (nSPS) is 28.3. The van der Waals surface area contributed by atoms with Gasteiger partial charge in [-0.1, -0.05) is 0 Å². The number of hydrogen-bond donors (Lipinski definition) is 0. The quantitative estimate of drug-likeness (QED) is 0.768. The molecule has 0 bridgehead atoms. The first-order valence-corrected chi connectivity index (χ1v) is 7.22. The van der Waals surface area contributed by atoms with Gasteiger partial charge in [0.15, 0.2) is 5.78 Å². The summed E-state index contributed by atoms with van der Waals surface area (Å²) in [5.41, 5.74) is 0.162. The van der Waals surface area contributed by atoms with Gasteiger partial charge in [-0.25, -0.2) is 0 Å². The molecule has 0 amide bonds. The average Bonchev–Trinajstić information content (AvgIpc) is 2.98. The summed E-state index contributed by atoms with van der Waals surface area (Å²) in [7, 11) is -0.412. The SMILES string of the molecule is CC1(C)OB(c2cnn([C@H]3CCCC3=O)c2)OC1(C)C. The van der Waals surface area contributed by atoms with Crippen molar-refractivity contribution >= 4 is 18.4 Å². The van der Waals surface area contributed by atoms with E-state index in [4.69, 9.17) is 9.31 Å². The van der Waals surface area contributed by atoms with Crippen LogP contribution in [0, 0.1) is 0 Å². The minimum absolute atomic E-state index is 0.105. The van der Waals surface area contributed by atoms with Crippen LogP contribution in [0.2, 0.25) is 0 Å². The Morgan fingerprint density at radius 1 is 1.30 bits per heavy atom. The molecule has 1 aromatic heterocycles. The summed E-state index contributed by atoms with van der Waals surface area (Å²) in [6, 6.07) is -0.105. The molecule has 2 aliphatic rings. The van der Waals surface area contributed by atoms with Crippen LogP contribution in [0.4, 0.5) is 0 Å². The summed E-state index contributed by atoms with van der Waals surface area (Å²) in [5.74, 6) is 0.272. The van der Waals surface area contributed by atoms with Gasteiger partial charge in [0.05, 0.1) is 11.2 Å². The van der Waals surface area contributed by atoms with E-state index in [9.17, 15) is 4.79 Å². The fourth-order valence-electron chi connectivity index (χ4n) is 2.70. The van der Waals surface area contributed by atoms with E-state index >= 15 is 0 Å². The number of carbonyl (C=O) groups is 1. The summed E-state index contributed by atoms with van der Waals surface area (Å²) < 4.78 is 13.7. The predicted molar refractivity (Wildman–Crippen MR) is 75.8 cm³/mol. The Bertz CT molecular complexity index is 522. The van der Waals surface area contributed by atoms with Crippen molar-refractivity contribution in [2.45, 2.75) is 64.2 Å². The van der Waals surface area contributed by atoms with Crippen molar-refractivity contribution in [3.05, 3.63) is 12.4 Å². The molecule has 6 heteroatoms. The highest BCUT2D eigenvalue weighted by atomic mass is 16.7.